The number of hydrogen-bond donors (Lipinski definition) is 3. The van der Waals surface area contributed by atoms with Crippen LogP contribution < -0.4 is 16.2 Å². The number of amidine groups is 1. The van der Waals surface area contributed by atoms with Crippen LogP contribution in [0.2, 0.25) is 0 Å². The number of nitrogens with one attached hydrogen (secondary N) is 1. The summed E-state index contributed by atoms with van der Waals surface area (Å²) in [6.45, 7) is 1.40. The van der Waals surface area contributed by atoms with Gasteiger partial charge in [-0.1, -0.05) is 48.6 Å². The molecule has 0 radical (unpaired) electrons. The fourth-order valence-electron chi connectivity index (χ4n) is 2.22. The molecule has 126 valence electrons. The standard InChI is InChI=1S/C19H23N3O2/c1-23-13-17-9-8-16(19(21)22)11-18(17)24-12-15-6-4-14(5-7-15)3-2-10-20/h2-9,11H,10,12-13,20H2,1H3,(H3,21,22). The number of nitrogen functional groups attached to an aromatic ring is 1. The molecule has 0 unspecified atom stereocenters. The lowest BCUT2D eigenvalue weighted by Gasteiger charge is -2.13. The summed E-state index contributed by atoms with van der Waals surface area (Å²) in [4.78, 5) is 0. The zero-order valence-corrected chi connectivity index (χ0v) is 13.8. The van der Waals surface area contributed by atoms with Crippen molar-refractivity contribution in [3.8, 4) is 5.75 Å². The van der Waals surface area contributed by atoms with Gasteiger partial charge in [-0.2, -0.15) is 0 Å². The average molecular weight is 325 g/mol. The number of benzene rings is 2. The lowest BCUT2D eigenvalue weighted by molar-refractivity contribution is 0.179. The first-order chi connectivity index (χ1) is 11.6. The SMILES string of the molecule is COCc1ccc(C(=N)N)cc1OCc1ccc(C=CCN)cc1. The Hall–Kier alpha value is -2.63. The minimum Gasteiger partial charge on any atom is -0.489 e. The van der Waals surface area contributed by atoms with Gasteiger partial charge < -0.3 is 20.9 Å². The van der Waals surface area contributed by atoms with E-state index < -0.39 is 0 Å². The third-order valence-electron chi connectivity index (χ3n) is 3.50. The first-order valence-electron chi connectivity index (χ1n) is 7.68. The molecule has 0 saturated heterocycles. The van der Waals surface area contributed by atoms with Crippen molar-refractivity contribution in [1.82, 2.24) is 0 Å². The average Bonchev–Trinajstić information content (AvgIpc) is 2.60. The quantitative estimate of drug-likeness (QED) is 0.514. The monoisotopic (exact) mass is 325 g/mol. The van der Waals surface area contributed by atoms with E-state index in [1.54, 1.807) is 19.2 Å². The summed E-state index contributed by atoms with van der Waals surface area (Å²) in [6.07, 6.45) is 3.90. The minimum absolute atomic E-state index is 0.0138. The van der Waals surface area contributed by atoms with Gasteiger partial charge in [0, 0.05) is 24.8 Å². The topological polar surface area (TPSA) is 94.3 Å². The molecule has 0 aliphatic rings. The summed E-state index contributed by atoms with van der Waals surface area (Å²) in [6, 6.07) is 13.5. The maximum absolute atomic E-state index is 7.56. The highest BCUT2D eigenvalue weighted by Crippen LogP contribution is 2.22. The number of rotatable bonds is 8. The van der Waals surface area contributed by atoms with Gasteiger partial charge in [0.2, 0.25) is 0 Å². The normalized spacial score (nSPS) is 10.9. The third-order valence-corrected chi connectivity index (χ3v) is 3.50. The molecular formula is C19H23N3O2. The van der Waals surface area contributed by atoms with Crippen molar-refractivity contribution in [2.24, 2.45) is 11.5 Å². The Labute approximate surface area is 142 Å². The van der Waals surface area contributed by atoms with Crippen LogP contribution in [0.15, 0.2) is 48.5 Å². The van der Waals surface area contributed by atoms with Crippen molar-refractivity contribution in [1.29, 1.82) is 5.41 Å². The van der Waals surface area contributed by atoms with Crippen LogP contribution in [0.3, 0.4) is 0 Å². The van der Waals surface area contributed by atoms with E-state index in [1.165, 1.54) is 0 Å². The molecule has 2 aromatic rings. The van der Waals surface area contributed by atoms with Gasteiger partial charge >= 0.3 is 0 Å². The molecule has 0 saturated carbocycles. The molecule has 0 aliphatic carbocycles. The molecule has 0 fully saturated rings. The molecule has 5 nitrogen and oxygen atoms in total. The van der Waals surface area contributed by atoms with E-state index >= 15 is 0 Å². The Morgan fingerprint density at radius 2 is 1.88 bits per heavy atom. The highest BCUT2D eigenvalue weighted by atomic mass is 16.5. The Kier molecular flexibility index (Phi) is 6.54. The first kappa shape index (κ1) is 17.7. The molecule has 24 heavy (non-hydrogen) atoms. The lowest BCUT2D eigenvalue weighted by Crippen LogP contribution is -2.11. The van der Waals surface area contributed by atoms with Crippen molar-refractivity contribution in [2.75, 3.05) is 13.7 Å². The fourth-order valence-corrected chi connectivity index (χ4v) is 2.22. The predicted octanol–water partition coefficient (Wildman–Crippen LogP) is 2.67. The summed E-state index contributed by atoms with van der Waals surface area (Å²) < 4.78 is 11.1. The molecule has 2 aromatic carbocycles. The summed E-state index contributed by atoms with van der Waals surface area (Å²) >= 11 is 0. The van der Waals surface area contributed by atoms with Crippen molar-refractivity contribution < 1.29 is 9.47 Å². The Morgan fingerprint density at radius 1 is 1.12 bits per heavy atom. The molecule has 0 atom stereocenters. The van der Waals surface area contributed by atoms with Gasteiger partial charge in [-0.3, -0.25) is 5.41 Å². The van der Waals surface area contributed by atoms with Crippen LogP contribution in [0.4, 0.5) is 0 Å². The molecule has 5 N–H and O–H groups in total. The largest absolute Gasteiger partial charge is 0.489 e. The van der Waals surface area contributed by atoms with E-state index in [0.29, 0.717) is 31.1 Å². The number of ether oxygens (including phenoxy) is 2. The highest BCUT2D eigenvalue weighted by Gasteiger charge is 2.07. The van der Waals surface area contributed by atoms with Gasteiger partial charge in [-0.05, 0) is 17.2 Å². The van der Waals surface area contributed by atoms with Crippen molar-refractivity contribution in [3.05, 3.63) is 70.8 Å². The predicted molar refractivity (Wildman–Crippen MR) is 97.0 cm³/mol. The van der Waals surface area contributed by atoms with Gasteiger partial charge in [0.15, 0.2) is 0 Å². The molecule has 0 aromatic heterocycles. The Morgan fingerprint density at radius 3 is 2.50 bits per heavy atom. The lowest BCUT2D eigenvalue weighted by atomic mass is 10.1. The van der Waals surface area contributed by atoms with Gasteiger partial charge in [-0.25, -0.2) is 0 Å². The van der Waals surface area contributed by atoms with Crippen LogP contribution in [-0.4, -0.2) is 19.5 Å². The number of hydrogen-bond acceptors (Lipinski definition) is 4. The van der Waals surface area contributed by atoms with E-state index in [1.807, 2.05) is 42.5 Å². The van der Waals surface area contributed by atoms with Crippen LogP contribution in [-0.2, 0) is 18.0 Å². The molecule has 0 amide bonds. The smallest absolute Gasteiger partial charge is 0.126 e. The van der Waals surface area contributed by atoms with Crippen LogP contribution in [0.1, 0.15) is 22.3 Å². The van der Waals surface area contributed by atoms with Gasteiger partial charge in [0.1, 0.15) is 18.2 Å². The fraction of sp³-hybridized carbons (Fsp3) is 0.211. The summed E-state index contributed by atoms with van der Waals surface area (Å²) in [5, 5.41) is 7.56. The number of methoxy groups -OCH3 is 1. The third kappa shape index (κ3) is 4.94. The molecule has 0 heterocycles. The second-order valence-electron chi connectivity index (χ2n) is 5.34. The highest BCUT2D eigenvalue weighted by molar-refractivity contribution is 5.95. The number of nitrogens with two attached hydrogens (primary N) is 2. The summed E-state index contributed by atoms with van der Waals surface area (Å²) in [7, 11) is 1.64. The molecule has 0 spiro atoms. The van der Waals surface area contributed by atoms with Crippen molar-refractivity contribution >= 4 is 11.9 Å². The first-order valence-corrected chi connectivity index (χ1v) is 7.68. The van der Waals surface area contributed by atoms with Crippen LogP contribution in [0.25, 0.3) is 6.08 Å². The zero-order chi connectivity index (χ0) is 17.4. The second kappa shape index (κ2) is 8.86. The van der Waals surface area contributed by atoms with E-state index in [-0.39, 0.29) is 5.84 Å². The van der Waals surface area contributed by atoms with Crippen molar-refractivity contribution in [2.45, 2.75) is 13.2 Å². The van der Waals surface area contributed by atoms with Crippen LogP contribution >= 0.6 is 0 Å². The minimum atomic E-state index is 0.0138. The van der Waals surface area contributed by atoms with Gasteiger partial charge in [0.05, 0.1) is 6.61 Å². The molecule has 5 heteroatoms. The maximum atomic E-state index is 7.56. The van der Waals surface area contributed by atoms with Gasteiger partial charge in [-0.15, -0.1) is 0 Å². The Bertz CT molecular complexity index is 709. The van der Waals surface area contributed by atoms with Crippen LogP contribution in [0, 0.1) is 5.41 Å². The molecular weight excluding hydrogens is 302 g/mol. The van der Waals surface area contributed by atoms with Crippen molar-refractivity contribution in [3.63, 3.8) is 0 Å². The molecule has 0 aliphatic heterocycles. The zero-order valence-electron chi connectivity index (χ0n) is 13.8. The second-order valence-corrected chi connectivity index (χ2v) is 5.34. The Balaban J connectivity index is 2.10. The van der Waals surface area contributed by atoms with E-state index in [0.717, 1.165) is 16.7 Å². The van der Waals surface area contributed by atoms with E-state index in [2.05, 4.69) is 0 Å². The van der Waals surface area contributed by atoms with E-state index in [4.69, 9.17) is 26.4 Å². The summed E-state index contributed by atoms with van der Waals surface area (Å²) in [5.41, 5.74) is 14.7. The van der Waals surface area contributed by atoms with Crippen LogP contribution in [0.5, 0.6) is 5.75 Å². The molecule has 2 rings (SSSR count). The molecule has 0 bridgehead atoms. The summed E-state index contributed by atoms with van der Waals surface area (Å²) in [5.74, 6) is 0.691. The maximum Gasteiger partial charge on any atom is 0.126 e. The van der Waals surface area contributed by atoms with Gasteiger partial charge in [0.25, 0.3) is 0 Å². The van der Waals surface area contributed by atoms with E-state index in [9.17, 15) is 0 Å².